The molecule has 3 nitrogen and oxygen atoms in total. The van der Waals surface area contributed by atoms with Gasteiger partial charge in [0.2, 0.25) is 0 Å². The predicted molar refractivity (Wildman–Crippen MR) is 64.5 cm³/mol. The third-order valence-corrected chi connectivity index (χ3v) is 3.62. The molecule has 0 unspecified atom stereocenters. The molecule has 0 amide bonds. The van der Waals surface area contributed by atoms with Gasteiger partial charge in [-0.3, -0.25) is 4.79 Å². The first-order chi connectivity index (χ1) is 8.61. The fourth-order valence-corrected chi connectivity index (χ4v) is 2.66. The van der Waals surface area contributed by atoms with Crippen molar-refractivity contribution < 1.29 is 19.0 Å². The Kier molecular flexibility index (Phi) is 3.97. The Bertz CT molecular complexity index is 416. The van der Waals surface area contributed by atoms with Gasteiger partial charge in [-0.2, -0.15) is 0 Å². The highest BCUT2D eigenvalue weighted by molar-refractivity contribution is 5.73. The Morgan fingerprint density at radius 2 is 2.00 bits per heavy atom. The maximum absolute atomic E-state index is 12.9. The molecule has 1 aliphatic rings. The molecule has 18 heavy (non-hydrogen) atoms. The summed E-state index contributed by atoms with van der Waals surface area (Å²) in [5, 5.41) is 9.74. The van der Waals surface area contributed by atoms with Crippen molar-refractivity contribution in [3.05, 3.63) is 35.6 Å². The maximum atomic E-state index is 12.9. The lowest BCUT2D eigenvalue weighted by Gasteiger charge is -2.32. The smallest absolute Gasteiger partial charge is 0.309 e. The zero-order valence-electron chi connectivity index (χ0n) is 10.3. The van der Waals surface area contributed by atoms with Crippen molar-refractivity contribution in [3.63, 3.8) is 0 Å². The molecule has 3 atom stereocenters. The minimum Gasteiger partial charge on any atom is -0.469 e. The molecule has 4 heteroatoms. The summed E-state index contributed by atoms with van der Waals surface area (Å²) in [6, 6.07) is 6.11. The van der Waals surface area contributed by atoms with Gasteiger partial charge in [0.1, 0.15) is 5.82 Å². The van der Waals surface area contributed by atoms with Crippen LogP contribution in [0.1, 0.15) is 30.7 Å². The van der Waals surface area contributed by atoms with E-state index >= 15 is 0 Å². The van der Waals surface area contributed by atoms with E-state index in [4.69, 9.17) is 4.74 Å². The molecule has 1 N–H and O–H groups in total. The minimum absolute atomic E-state index is 0.0956. The van der Waals surface area contributed by atoms with E-state index in [0.29, 0.717) is 19.3 Å². The number of benzene rings is 1. The van der Waals surface area contributed by atoms with Crippen LogP contribution in [0.4, 0.5) is 4.39 Å². The van der Waals surface area contributed by atoms with Crippen molar-refractivity contribution in [2.24, 2.45) is 5.92 Å². The molecule has 0 aromatic heterocycles. The van der Waals surface area contributed by atoms with Gasteiger partial charge in [0.25, 0.3) is 0 Å². The molecule has 0 bridgehead atoms. The van der Waals surface area contributed by atoms with E-state index in [0.717, 1.165) is 5.56 Å². The summed E-state index contributed by atoms with van der Waals surface area (Å²) in [4.78, 5) is 11.7. The Morgan fingerprint density at radius 1 is 1.33 bits per heavy atom. The number of carbonyl (C=O) groups excluding carboxylic acids is 1. The quantitative estimate of drug-likeness (QED) is 0.821. The number of aliphatic hydroxyl groups excluding tert-OH is 1. The number of hydrogen-bond donors (Lipinski definition) is 1. The number of ether oxygens (including phenoxy) is 1. The number of rotatable bonds is 2. The van der Waals surface area contributed by atoms with E-state index in [2.05, 4.69) is 0 Å². The largest absolute Gasteiger partial charge is 0.469 e. The molecule has 0 radical (unpaired) electrons. The lowest BCUT2D eigenvalue weighted by molar-refractivity contribution is -0.148. The van der Waals surface area contributed by atoms with Crippen LogP contribution in [0.5, 0.6) is 0 Å². The first-order valence-electron chi connectivity index (χ1n) is 6.13. The monoisotopic (exact) mass is 252 g/mol. The van der Waals surface area contributed by atoms with Gasteiger partial charge in [0.05, 0.1) is 19.1 Å². The van der Waals surface area contributed by atoms with Gasteiger partial charge in [0.15, 0.2) is 0 Å². The highest BCUT2D eigenvalue weighted by Gasteiger charge is 2.35. The predicted octanol–water partition coefficient (Wildman–Crippen LogP) is 2.24. The van der Waals surface area contributed by atoms with Gasteiger partial charge in [-0.05, 0) is 42.9 Å². The van der Waals surface area contributed by atoms with Crippen LogP contribution in [-0.2, 0) is 9.53 Å². The molecule has 1 aromatic rings. The summed E-state index contributed by atoms with van der Waals surface area (Å²) in [6.07, 6.45) is 1.33. The summed E-state index contributed by atoms with van der Waals surface area (Å²) in [6.45, 7) is 0. The van der Waals surface area contributed by atoms with Crippen LogP contribution in [0.15, 0.2) is 24.3 Å². The Labute approximate surface area is 106 Å². The highest BCUT2D eigenvalue weighted by Crippen LogP contribution is 2.38. The van der Waals surface area contributed by atoms with E-state index < -0.39 is 6.10 Å². The molecule has 0 heterocycles. The van der Waals surface area contributed by atoms with Crippen molar-refractivity contribution in [3.8, 4) is 0 Å². The molecule has 1 aliphatic carbocycles. The number of esters is 1. The second kappa shape index (κ2) is 5.48. The number of hydrogen-bond acceptors (Lipinski definition) is 3. The standard InChI is InChI=1S/C14H17FO3/c1-18-14(17)12-7-6-11(16)8-13(12)9-2-4-10(15)5-3-9/h2-5,11-13,16H,6-8H2,1H3/t11-,12+,13-/m1/s1. The first-order valence-corrected chi connectivity index (χ1v) is 6.13. The summed E-state index contributed by atoms with van der Waals surface area (Å²) >= 11 is 0. The normalized spacial score (nSPS) is 27.8. The van der Waals surface area contributed by atoms with Gasteiger partial charge in [-0.15, -0.1) is 0 Å². The van der Waals surface area contributed by atoms with Gasteiger partial charge < -0.3 is 9.84 Å². The van der Waals surface area contributed by atoms with Gasteiger partial charge in [-0.25, -0.2) is 4.39 Å². The number of methoxy groups -OCH3 is 1. The van der Waals surface area contributed by atoms with Crippen LogP contribution in [0.3, 0.4) is 0 Å². The average Bonchev–Trinajstić information content (AvgIpc) is 2.38. The molecular formula is C14H17FO3. The fraction of sp³-hybridized carbons (Fsp3) is 0.500. The molecule has 0 spiro atoms. The minimum atomic E-state index is -0.402. The van der Waals surface area contributed by atoms with Crippen molar-refractivity contribution in [2.75, 3.05) is 7.11 Å². The van der Waals surface area contributed by atoms with E-state index in [-0.39, 0.29) is 23.6 Å². The molecule has 1 aromatic carbocycles. The van der Waals surface area contributed by atoms with E-state index in [1.54, 1.807) is 12.1 Å². The van der Waals surface area contributed by atoms with E-state index in [1.165, 1.54) is 19.2 Å². The molecule has 0 saturated heterocycles. The van der Waals surface area contributed by atoms with Crippen LogP contribution in [0, 0.1) is 11.7 Å². The number of carbonyl (C=O) groups is 1. The average molecular weight is 252 g/mol. The Morgan fingerprint density at radius 3 is 2.61 bits per heavy atom. The maximum Gasteiger partial charge on any atom is 0.309 e. The highest BCUT2D eigenvalue weighted by atomic mass is 19.1. The summed E-state index contributed by atoms with van der Waals surface area (Å²) in [7, 11) is 1.37. The molecule has 1 saturated carbocycles. The molecular weight excluding hydrogens is 235 g/mol. The third kappa shape index (κ3) is 2.70. The second-order valence-corrected chi connectivity index (χ2v) is 4.75. The summed E-state index contributed by atoms with van der Waals surface area (Å²) in [5.41, 5.74) is 0.880. The summed E-state index contributed by atoms with van der Waals surface area (Å²) in [5.74, 6) is -0.897. The Hall–Kier alpha value is -1.42. The van der Waals surface area contributed by atoms with Crippen LogP contribution >= 0.6 is 0 Å². The lowest BCUT2D eigenvalue weighted by Crippen LogP contribution is -2.32. The molecule has 2 rings (SSSR count). The van der Waals surface area contributed by atoms with Gasteiger partial charge >= 0.3 is 5.97 Å². The zero-order chi connectivity index (χ0) is 13.1. The van der Waals surface area contributed by atoms with Crippen molar-refractivity contribution in [1.29, 1.82) is 0 Å². The lowest BCUT2D eigenvalue weighted by atomic mass is 9.74. The van der Waals surface area contributed by atoms with Crippen LogP contribution in [0.2, 0.25) is 0 Å². The van der Waals surface area contributed by atoms with Crippen LogP contribution in [0.25, 0.3) is 0 Å². The third-order valence-electron chi connectivity index (χ3n) is 3.62. The van der Waals surface area contributed by atoms with Crippen molar-refractivity contribution in [2.45, 2.75) is 31.3 Å². The van der Waals surface area contributed by atoms with Crippen molar-refractivity contribution in [1.82, 2.24) is 0 Å². The molecule has 1 fully saturated rings. The number of halogens is 1. The van der Waals surface area contributed by atoms with E-state index in [9.17, 15) is 14.3 Å². The molecule has 0 aliphatic heterocycles. The first kappa shape index (κ1) is 13.0. The fourth-order valence-electron chi connectivity index (χ4n) is 2.66. The van der Waals surface area contributed by atoms with Crippen molar-refractivity contribution >= 4 is 5.97 Å². The van der Waals surface area contributed by atoms with E-state index in [1.807, 2.05) is 0 Å². The number of aliphatic hydroxyl groups is 1. The Balaban J connectivity index is 2.24. The topological polar surface area (TPSA) is 46.5 Å². The zero-order valence-corrected chi connectivity index (χ0v) is 10.3. The van der Waals surface area contributed by atoms with Gasteiger partial charge in [-0.1, -0.05) is 12.1 Å². The second-order valence-electron chi connectivity index (χ2n) is 4.75. The SMILES string of the molecule is COC(=O)[C@H]1CC[C@@H](O)C[C@@H]1c1ccc(F)cc1. The summed E-state index contributed by atoms with van der Waals surface area (Å²) < 4.78 is 17.7. The van der Waals surface area contributed by atoms with Crippen LogP contribution < -0.4 is 0 Å². The van der Waals surface area contributed by atoms with Gasteiger partial charge in [0, 0.05) is 0 Å². The van der Waals surface area contributed by atoms with Crippen LogP contribution in [-0.4, -0.2) is 24.3 Å². The molecule has 98 valence electrons.